The third-order valence-electron chi connectivity index (χ3n) is 3.53. The first-order chi connectivity index (χ1) is 9.07. The average Bonchev–Trinajstić information content (AvgIpc) is 2.86. The zero-order chi connectivity index (χ0) is 13.9. The lowest BCUT2D eigenvalue weighted by atomic mass is 9.80. The van der Waals surface area contributed by atoms with Gasteiger partial charge in [-0.2, -0.15) is 5.26 Å². The topological polar surface area (TPSA) is 62.1 Å². The predicted octanol–water partition coefficient (Wildman–Crippen LogP) is 2.55. The summed E-state index contributed by atoms with van der Waals surface area (Å²) in [5.74, 6) is -0.170. The molecular formula is C14H18N2O2S. The molecule has 0 bridgehead atoms. The highest BCUT2D eigenvalue weighted by molar-refractivity contribution is 7.12. The number of ether oxygens (including phenoxy) is 1. The van der Waals surface area contributed by atoms with E-state index in [0.29, 0.717) is 26.1 Å². The largest absolute Gasteiger partial charge is 0.381 e. The van der Waals surface area contributed by atoms with Gasteiger partial charge in [0.05, 0.1) is 12.1 Å². The maximum Gasteiger partial charge on any atom is 0.241 e. The van der Waals surface area contributed by atoms with Gasteiger partial charge in [0.25, 0.3) is 0 Å². The minimum absolute atomic E-state index is 0.0562. The first-order valence-corrected chi connectivity index (χ1v) is 7.25. The Labute approximate surface area is 117 Å². The first kappa shape index (κ1) is 14.0. The molecule has 0 radical (unpaired) electrons. The summed E-state index contributed by atoms with van der Waals surface area (Å²) in [5.41, 5.74) is -0.918. The van der Waals surface area contributed by atoms with E-state index >= 15 is 0 Å². The molecule has 0 aliphatic carbocycles. The van der Waals surface area contributed by atoms with Gasteiger partial charge in [-0.3, -0.25) is 4.79 Å². The summed E-state index contributed by atoms with van der Waals surface area (Å²) >= 11 is 1.67. The molecule has 1 saturated heterocycles. The number of carbonyl (C=O) groups is 1. The van der Waals surface area contributed by atoms with Gasteiger partial charge in [-0.25, -0.2) is 0 Å². The van der Waals surface area contributed by atoms with Gasteiger partial charge < -0.3 is 10.1 Å². The van der Waals surface area contributed by atoms with Crippen LogP contribution in [0.3, 0.4) is 0 Å². The Bertz CT molecular complexity index is 498. The molecule has 1 atom stereocenters. The molecule has 0 saturated carbocycles. The Kier molecular flexibility index (Phi) is 4.23. The van der Waals surface area contributed by atoms with Crippen molar-refractivity contribution in [1.82, 2.24) is 5.32 Å². The molecule has 0 aromatic carbocycles. The van der Waals surface area contributed by atoms with Crippen LogP contribution in [0.15, 0.2) is 12.1 Å². The van der Waals surface area contributed by atoms with Crippen LogP contribution in [-0.4, -0.2) is 19.1 Å². The highest BCUT2D eigenvalue weighted by atomic mass is 32.1. The highest BCUT2D eigenvalue weighted by Gasteiger charge is 2.40. The van der Waals surface area contributed by atoms with E-state index in [1.165, 1.54) is 4.88 Å². The van der Waals surface area contributed by atoms with Crippen molar-refractivity contribution in [2.24, 2.45) is 5.41 Å². The molecule has 1 aliphatic heterocycles. The Hall–Kier alpha value is -1.38. The number of hydrogen-bond donors (Lipinski definition) is 1. The molecule has 2 heterocycles. The van der Waals surface area contributed by atoms with Crippen molar-refractivity contribution in [1.29, 1.82) is 5.26 Å². The average molecular weight is 278 g/mol. The fourth-order valence-corrected chi connectivity index (χ4v) is 3.08. The summed E-state index contributed by atoms with van der Waals surface area (Å²) in [6, 6.07) is 6.20. The minimum Gasteiger partial charge on any atom is -0.381 e. The molecular weight excluding hydrogens is 260 g/mol. The van der Waals surface area contributed by atoms with Crippen LogP contribution in [0, 0.1) is 23.7 Å². The van der Waals surface area contributed by atoms with Gasteiger partial charge in [-0.05, 0) is 38.8 Å². The zero-order valence-electron chi connectivity index (χ0n) is 11.2. The number of carbonyl (C=O) groups excluding carboxylic acids is 1. The molecule has 0 spiro atoms. The minimum atomic E-state index is -0.918. The summed E-state index contributed by atoms with van der Waals surface area (Å²) in [6.45, 7) is 4.95. The van der Waals surface area contributed by atoms with E-state index in [1.807, 2.05) is 26.0 Å². The lowest BCUT2D eigenvalue weighted by Crippen LogP contribution is -2.44. The van der Waals surface area contributed by atoms with Crippen molar-refractivity contribution < 1.29 is 9.53 Å². The highest BCUT2D eigenvalue weighted by Crippen LogP contribution is 2.31. The molecule has 1 aromatic rings. The quantitative estimate of drug-likeness (QED) is 0.924. The monoisotopic (exact) mass is 278 g/mol. The molecule has 1 amide bonds. The third-order valence-corrected chi connectivity index (χ3v) is 4.71. The lowest BCUT2D eigenvalue weighted by Gasteiger charge is -2.30. The van der Waals surface area contributed by atoms with Crippen molar-refractivity contribution in [3.05, 3.63) is 21.9 Å². The summed E-state index contributed by atoms with van der Waals surface area (Å²) in [7, 11) is 0. The lowest BCUT2D eigenvalue weighted by molar-refractivity contribution is -0.133. The predicted molar refractivity (Wildman–Crippen MR) is 73.7 cm³/mol. The summed E-state index contributed by atoms with van der Waals surface area (Å²) in [4.78, 5) is 14.7. The number of rotatable bonds is 3. The van der Waals surface area contributed by atoms with Crippen LogP contribution >= 0.6 is 11.3 Å². The van der Waals surface area contributed by atoms with Crippen LogP contribution in [-0.2, 0) is 9.53 Å². The summed E-state index contributed by atoms with van der Waals surface area (Å²) in [6.07, 6.45) is 0.955. The van der Waals surface area contributed by atoms with Gasteiger partial charge in [0.2, 0.25) is 5.91 Å². The second-order valence-corrected chi connectivity index (χ2v) is 6.27. The second kappa shape index (κ2) is 5.72. The maximum absolute atomic E-state index is 12.4. The molecule has 1 N–H and O–H groups in total. The van der Waals surface area contributed by atoms with Gasteiger partial charge in [-0.1, -0.05) is 0 Å². The number of nitrogens with one attached hydrogen (secondary N) is 1. The number of nitriles is 1. The van der Waals surface area contributed by atoms with Crippen LogP contribution in [0.25, 0.3) is 0 Å². The molecule has 102 valence electrons. The summed E-state index contributed by atoms with van der Waals surface area (Å²) < 4.78 is 5.24. The zero-order valence-corrected chi connectivity index (χ0v) is 12.0. The van der Waals surface area contributed by atoms with E-state index < -0.39 is 5.41 Å². The molecule has 4 nitrogen and oxygen atoms in total. The molecule has 1 unspecified atom stereocenters. The van der Waals surface area contributed by atoms with Crippen LogP contribution < -0.4 is 5.32 Å². The fraction of sp³-hybridized carbons (Fsp3) is 0.571. The number of amides is 1. The normalized spacial score (nSPS) is 19.4. The number of hydrogen-bond acceptors (Lipinski definition) is 4. The SMILES string of the molecule is Cc1ccc(C(C)NC(=O)C2(C#N)CCOCC2)s1. The fourth-order valence-electron chi connectivity index (χ4n) is 2.20. The Morgan fingerprint density at radius 2 is 2.21 bits per heavy atom. The van der Waals surface area contributed by atoms with Gasteiger partial charge in [0, 0.05) is 23.0 Å². The van der Waals surface area contributed by atoms with Crippen molar-refractivity contribution in [3.8, 4) is 6.07 Å². The van der Waals surface area contributed by atoms with Gasteiger partial charge in [0.15, 0.2) is 0 Å². The molecule has 1 aliphatic rings. The summed E-state index contributed by atoms with van der Waals surface area (Å²) in [5, 5.41) is 12.3. The van der Waals surface area contributed by atoms with Crippen molar-refractivity contribution in [2.75, 3.05) is 13.2 Å². The number of nitrogens with zero attached hydrogens (tertiary/aromatic N) is 1. The third kappa shape index (κ3) is 2.96. The van der Waals surface area contributed by atoms with E-state index in [4.69, 9.17) is 4.74 Å². The van der Waals surface area contributed by atoms with Crippen LogP contribution in [0.4, 0.5) is 0 Å². The molecule has 19 heavy (non-hydrogen) atoms. The van der Waals surface area contributed by atoms with Gasteiger partial charge in [0.1, 0.15) is 5.41 Å². The number of aryl methyl sites for hydroxylation is 1. The van der Waals surface area contributed by atoms with E-state index in [1.54, 1.807) is 11.3 Å². The van der Waals surface area contributed by atoms with Crippen molar-refractivity contribution in [3.63, 3.8) is 0 Å². The van der Waals surface area contributed by atoms with Crippen LogP contribution in [0.5, 0.6) is 0 Å². The molecule has 1 aromatic heterocycles. The first-order valence-electron chi connectivity index (χ1n) is 6.44. The Morgan fingerprint density at radius 1 is 1.53 bits per heavy atom. The standard InChI is InChI=1S/C14H18N2O2S/c1-10-3-4-12(19-10)11(2)16-13(17)14(9-15)5-7-18-8-6-14/h3-4,11H,5-8H2,1-2H3,(H,16,17). The van der Waals surface area contributed by atoms with E-state index in [9.17, 15) is 10.1 Å². The second-order valence-electron chi connectivity index (χ2n) is 4.95. The van der Waals surface area contributed by atoms with Crippen molar-refractivity contribution >= 4 is 17.2 Å². The van der Waals surface area contributed by atoms with E-state index in [-0.39, 0.29) is 11.9 Å². The van der Waals surface area contributed by atoms with Gasteiger partial charge in [-0.15, -0.1) is 11.3 Å². The molecule has 5 heteroatoms. The van der Waals surface area contributed by atoms with E-state index in [0.717, 1.165) is 4.88 Å². The Balaban J connectivity index is 2.05. The van der Waals surface area contributed by atoms with E-state index in [2.05, 4.69) is 11.4 Å². The Morgan fingerprint density at radius 3 is 2.74 bits per heavy atom. The molecule has 1 fully saturated rings. The number of thiophene rings is 1. The van der Waals surface area contributed by atoms with Crippen LogP contribution in [0.1, 0.15) is 35.6 Å². The smallest absolute Gasteiger partial charge is 0.241 e. The molecule has 2 rings (SSSR count). The van der Waals surface area contributed by atoms with Crippen LogP contribution in [0.2, 0.25) is 0 Å². The maximum atomic E-state index is 12.4. The van der Waals surface area contributed by atoms with Gasteiger partial charge >= 0.3 is 0 Å². The van der Waals surface area contributed by atoms with Crippen molar-refractivity contribution in [2.45, 2.75) is 32.7 Å².